The zero-order valence-electron chi connectivity index (χ0n) is 6.46. The number of carboxylic acid groups (broad SMARTS) is 1. The Hall–Kier alpha value is 1.79. The van der Waals surface area contributed by atoms with Crippen molar-refractivity contribution in [3.05, 3.63) is 0 Å². The molecule has 0 aromatic carbocycles. The fraction of sp³-hybridized carbons (Fsp3) is 0.800. The minimum absolute atomic E-state index is 1.51. The molecule has 0 aromatic heterocycles. The summed E-state index contributed by atoms with van der Waals surface area (Å²) in [6, 6.07) is 0. The third kappa shape index (κ3) is 2.97. The Morgan fingerprint density at radius 2 is 1.33 bits per heavy atom. The van der Waals surface area contributed by atoms with Gasteiger partial charge in [-0.05, 0) is 0 Å². The van der Waals surface area contributed by atoms with Crippen LogP contribution in [-0.2, 0) is 4.79 Å². The van der Waals surface area contributed by atoms with Gasteiger partial charge in [0.15, 0.2) is 8.67 Å². The van der Waals surface area contributed by atoms with E-state index in [0.29, 0.717) is 0 Å². The van der Waals surface area contributed by atoms with Crippen LogP contribution in [0, 0.1) is 0 Å². The summed E-state index contributed by atoms with van der Waals surface area (Å²) in [5.41, 5.74) is 0. The first-order chi connectivity index (χ1) is 6.39. The molecular formula is C5H2Cl8O2. The first-order valence-electron chi connectivity index (χ1n) is 3.04. The Balaban J connectivity index is 5.40. The van der Waals surface area contributed by atoms with Gasteiger partial charge in [-0.25, -0.2) is 4.79 Å². The molecule has 2 nitrogen and oxygen atoms in total. The van der Waals surface area contributed by atoms with Gasteiger partial charge in [0.2, 0.25) is 4.33 Å². The fourth-order valence-electron chi connectivity index (χ4n) is 0.481. The summed E-state index contributed by atoms with van der Waals surface area (Å²) in [4.78, 5) is 9.19. The van der Waals surface area contributed by atoms with Crippen LogP contribution in [0.4, 0.5) is 0 Å². The molecule has 0 amide bonds. The summed E-state index contributed by atoms with van der Waals surface area (Å²) in [6.07, 6.45) is 0. The van der Waals surface area contributed by atoms with Gasteiger partial charge in [0.25, 0.3) is 0 Å². The van der Waals surface area contributed by atoms with Crippen LogP contribution in [0.2, 0.25) is 0 Å². The van der Waals surface area contributed by atoms with Crippen molar-refractivity contribution in [2.75, 3.05) is 0 Å². The van der Waals surface area contributed by atoms with E-state index in [4.69, 9.17) is 97.9 Å². The number of hydrogen-bond acceptors (Lipinski definition) is 1. The molecule has 90 valence electrons. The second-order valence-corrected chi connectivity index (χ2v) is 7.51. The maximum atomic E-state index is 10.7. The quantitative estimate of drug-likeness (QED) is 0.737. The van der Waals surface area contributed by atoms with E-state index in [0.717, 1.165) is 0 Å². The van der Waals surface area contributed by atoms with E-state index in [9.17, 15) is 4.79 Å². The lowest BCUT2D eigenvalue weighted by atomic mass is 10.2. The zero-order chi connectivity index (χ0) is 12.7. The van der Waals surface area contributed by atoms with Crippen LogP contribution in [0.1, 0.15) is 0 Å². The number of aliphatic carboxylic acids is 1. The molecule has 0 saturated carbocycles. The van der Waals surface area contributed by atoms with Gasteiger partial charge in [0, 0.05) is 0 Å². The number of carbonyl (C=O) groups is 1. The lowest BCUT2D eigenvalue weighted by Gasteiger charge is -2.38. The van der Waals surface area contributed by atoms with Crippen molar-refractivity contribution in [1.29, 1.82) is 0 Å². The monoisotopic (exact) mass is 374 g/mol. The first-order valence-corrected chi connectivity index (χ1v) is 6.18. The number of rotatable bonds is 4. The molecule has 0 fully saturated rings. The Morgan fingerprint density at radius 3 is 1.53 bits per heavy atom. The lowest BCUT2D eigenvalue weighted by Crippen LogP contribution is -2.56. The standard InChI is InChI=1S/C5H2Cl8O2/c6-1(7)3(8,9)5(12,13)4(10,11)2(14)15/h1H,(H,14,15). The predicted octanol–water partition coefficient (Wildman–Crippen LogP) is 4.40. The van der Waals surface area contributed by atoms with Gasteiger partial charge in [0.05, 0.1) is 0 Å². The van der Waals surface area contributed by atoms with Gasteiger partial charge < -0.3 is 5.11 Å². The Bertz CT molecular complexity index is 260. The second-order valence-electron chi connectivity index (χ2n) is 2.38. The number of halogens is 8. The topological polar surface area (TPSA) is 37.3 Å². The average Bonchev–Trinajstić information content (AvgIpc) is 2.02. The summed E-state index contributed by atoms with van der Waals surface area (Å²) in [5.74, 6) is -1.74. The SMILES string of the molecule is O=C(O)C(Cl)(Cl)C(Cl)(Cl)C(Cl)(Cl)C(Cl)Cl. The third-order valence-corrected chi connectivity index (χ3v) is 6.29. The minimum atomic E-state index is -2.68. The van der Waals surface area contributed by atoms with Crippen molar-refractivity contribution >= 4 is 98.8 Å². The van der Waals surface area contributed by atoms with Crippen LogP contribution in [0.15, 0.2) is 0 Å². The molecule has 0 bridgehead atoms. The average molecular weight is 378 g/mol. The molecule has 0 aromatic rings. The molecule has 0 spiro atoms. The van der Waals surface area contributed by atoms with Gasteiger partial charge >= 0.3 is 5.97 Å². The van der Waals surface area contributed by atoms with Crippen molar-refractivity contribution in [2.24, 2.45) is 0 Å². The third-order valence-electron chi connectivity index (χ3n) is 1.36. The van der Waals surface area contributed by atoms with Crippen LogP contribution in [0.5, 0.6) is 0 Å². The van der Waals surface area contributed by atoms with Crippen molar-refractivity contribution in [3.8, 4) is 0 Å². The second kappa shape index (κ2) is 5.19. The van der Waals surface area contributed by atoms with Crippen molar-refractivity contribution in [1.82, 2.24) is 0 Å². The highest BCUT2D eigenvalue weighted by Gasteiger charge is 2.66. The largest absolute Gasteiger partial charge is 0.479 e. The highest BCUT2D eigenvalue weighted by atomic mass is 35.6. The van der Waals surface area contributed by atoms with Gasteiger partial charge in [-0.3, -0.25) is 0 Å². The maximum absolute atomic E-state index is 10.7. The van der Waals surface area contributed by atoms with E-state index >= 15 is 0 Å². The first kappa shape index (κ1) is 16.8. The van der Waals surface area contributed by atoms with E-state index in [2.05, 4.69) is 0 Å². The van der Waals surface area contributed by atoms with E-state index < -0.39 is 23.8 Å². The molecule has 0 heterocycles. The van der Waals surface area contributed by atoms with Crippen LogP contribution < -0.4 is 0 Å². The summed E-state index contributed by atoms with van der Waals surface area (Å²) >= 11 is 44.0. The van der Waals surface area contributed by atoms with Crippen molar-refractivity contribution in [3.63, 3.8) is 0 Å². The van der Waals surface area contributed by atoms with Crippen LogP contribution in [0.25, 0.3) is 0 Å². The minimum Gasteiger partial charge on any atom is -0.479 e. The molecule has 0 atom stereocenters. The van der Waals surface area contributed by atoms with Crippen LogP contribution in [0.3, 0.4) is 0 Å². The molecule has 0 aliphatic heterocycles. The molecule has 0 radical (unpaired) electrons. The Kier molecular flexibility index (Phi) is 5.81. The van der Waals surface area contributed by atoms with Crippen LogP contribution >= 0.6 is 92.8 Å². The number of alkyl halides is 8. The van der Waals surface area contributed by atoms with Crippen LogP contribution in [-0.4, -0.2) is 28.9 Å². The molecule has 0 unspecified atom stereocenters. The smallest absolute Gasteiger partial charge is 0.343 e. The fourth-order valence-corrected chi connectivity index (χ4v) is 2.19. The lowest BCUT2D eigenvalue weighted by molar-refractivity contribution is -0.138. The van der Waals surface area contributed by atoms with Gasteiger partial charge in [-0.15, -0.1) is 23.2 Å². The van der Waals surface area contributed by atoms with E-state index in [1.54, 1.807) is 0 Å². The van der Waals surface area contributed by atoms with Gasteiger partial charge in [-0.1, -0.05) is 69.6 Å². The molecule has 15 heavy (non-hydrogen) atoms. The summed E-state index contributed by atoms with van der Waals surface area (Å²) in [7, 11) is 0. The number of carboxylic acids is 1. The highest BCUT2D eigenvalue weighted by Crippen LogP contribution is 2.57. The van der Waals surface area contributed by atoms with Crippen molar-refractivity contribution < 1.29 is 9.90 Å². The molecule has 1 N–H and O–H groups in total. The summed E-state index contributed by atoms with van der Waals surface area (Å²) < 4.78 is -7.48. The van der Waals surface area contributed by atoms with E-state index in [1.807, 2.05) is 0 Å². The molecule has 0 rings (SSSR count). The predicted molar refractivity (Wildman–Crippen MR) is 66.4 cm³/mol. The number of hydrogen-bond donors (Lipinski definition) is 1. The maximum Gasteiger partial charge on any atom is 0.343 e. The summed E-state index contributed by atoms with van der Waals surface area (Å²) in [5, 5.41) is 8.69. The van der Waals surface area contributed by atoms with E-state index in [-0.39, 0.29) is 0 Å². The Morgan fingerprint density at radius 1 is 1.00 bits per heavy atom. The molecule has 0 aliphatic carbocycles. The molecule has 10 heteroatoms. The molecule has 0 aliphatic rings. The molecule has 0 saturated heterocycles. The van der Waals surface area contributed by atoms with Gasteiger partial charge in [0.1, 0.15) is 4.84 Å². The van der Waals surface area contributed by atoms with Gasteiger partial charge in [-0.2, -0.15) is 0 Å². The summed E-state index contributed by atoms with van der Waals surface area (Å²) in [6.45, 7) is 0. The normalized spacial score (nSPS) is 14.5. The van der Waals surface area contributed by atoms with E-state index in [1.165, 1.54) is 0 Å². The van der Waals surface area contributed by atoms with Crippen molar-refractivity contribution in [2.45, 2.75) is 17.8 Å². The highest BCUT2D eigenvalue weighted by molar-refractivity contribution is 6.75. The zero-order valence-corrected chi connectivity index (χ0v) is 12.5. The molecular weight excluding hydrogens is 376 g/mol. The Labute approximate surface area is 126 Å².